The minimum Gasteiger partial charge on any atom is -0.490 e. The molecule has 0 unspecified atom stereocenters. The summed E-state index contributed by atoms with van der Waals surface area (Å²) < 4.78 is 6.09. The number of nitriles is 1. The number of piperidine rings is 1. The zero-order valence-electron chi connectivity index (χ0n) is 17.8. The highest BCUT2D eigenvalue weighted by atomic mass is 35.5. The summed E-state index contributed by atoms with van der Waals surface area (Å²) in [5.74, 6) is 0.647. The van der Waals surface area contributed by atoms with E-state index in [1.54, 1.807) is 18.2 Å². The van der Waals surface area contributed by atoms with Crippen LogP contribution < -0.4 is 19.9 Å². The van der Waals surface area contributed by atoms with Crippen molar-refractivity contribution < 1.29 is 9.53 Å². The van der Waals surface area contributed by atoms with Gasteiger partial charge < -0.3 is 15.0 Å². The molecule has 32 heavy (non-hydrogen) atoms. The zero-order valence-corrected chi connectivity index (χ0v) is 20.2. The lowest BCUT2D eigenvalue weighted by molar-refractivity contribution is -0.120. The van der Waals surface area contributed by atoms with Gasteiger partial charge in [-0.25, -0.2) is 0 Å². The van der Waals surface area contributed by atoms with E-state index in [0.29, 0.717) is 16.4 Å². The number of ether oxygens (including phenoxy) is 1. The van der Waals surface area contributed by atoms with Crippen molar-refractivity contribution >= 4 is 58.6 Å². The summed E-state index contributed by atoms with van der Waals surface area (Å²) in [5.41, 5.74) is 0.821. The summed E-state index contributed by atoms with van der Waals surface area (Å²) in [5, 5.41) is 13.1. The van der Waals surface area contributed by atoms with Crippen molar-refractivity contribution in [2.45, 2.75) is 38.3 Å². The number of halogens is 2. The minimum absolute atomic E-state index is 0. The average Bonchev–Trinajstić information content (AvgIpc) is 2.93. The van der Waals surface area contributed by atoms with Crippen LogP contribution in [0.3, 0.4) is 0 Å². The maximum Gasteiger partial charge on any atom is 0.259 e. The Bertz CT molecular complexity index is 1060. The number of rotatable bonds is 4. The Kier molecular flexibility index (Phi) is 7.31. The quantitative estimate of drug-likeness (QED) is 0.627. The third kappa shape index (κ3) is 4.41. The molecule has 0 saturated carbocycles. The van der Waals surface area contributed by atoms with Crippen LogP contribution in [-0.4, -0.2) is 35.8 Å². The summed E-state index contributed by atoms with van der Waals surface area (Å²) in [6.07, 6.45) is 2.19. The Balaban J connectivity index is 0.00000289. The number of thiocarbonyl (C=S) groups is 1. The largest absolute Gasteiger partial charge is 0.490 e. The second kappa shape index (κ2) is 9.63. The van der Waals surface area contributed by atoms with E-state index in [0.717, 1.165) is 37.4 Å². The van der Waals surface area contributed by atoms with Gasteiger partial charge in [-0.15, -0.1) is 12.4 Å². The van der Waals surface area contributed by atoms with Crippen LogP contribution in [0.25, 0.3) is 0 Å². The monoisotopic (exact) mass is 490 g/mol. The smallest absolute Gasteiger partial charge is 0.259 e. The molecule has 2 saturated heterocycles. The molecule has 2 aromatic carbocycles. The predicted molar refractivity (Wildman–Crippen MR) is 133 cm³/mol. The number of amides is 1. The lowest BCUT2D eigenvalue weighted by Crippen LogP contribution is -2.44. The number of carbonyl (C=O) groups excluding carboxylic acids is 1. The van der Waals surface area contributed by atoms with Gasteiger partial charge in [0.05, 0.1) is 16.3 Å². The number of anilines is 2. The fourth-order valence-electron chi connectivity index (χ4n) is 3.97. The van der Waals surface area contributed by atoms with Crippen LogP contribution in [0.5, 0.6) is 5.75 Å². The highest BCUT2D eigenvalue weighted by Crippen LogP contribution is 2.38. The van der Waals surface area contributed by atoms with Crippen molar-refractivity contribution in [3.8, 4) is 11.8 Å². The van der Waals surface area contributed by atoms with Crippen molar-refractivity contribution in [2.75, 3.05) is 22.9 Å². The average molecular weight is 491 g/mol. The van der Waals surface area contributed by atoms with E-state index in [1.807, 2.05) is 49.1 Å². The van der Waals surface area contributed by atoms with Crippen molar-refractivity contribution in [1.29, 1.82) is 5.26 Å². The summed E-state index contributed by atoms with van der Waals surface area (Å²) >= 11 is 11.9. The van der Waals surface area contributed by atoms with Crippen LogP contribution in [0, 0.1) is 11.3 Å². The molecule has 2 fully saturated rings. The number of nitrogens with zero attached hydrogens (tertiary/aromatic N) is 3. The molecule has 1 amide bonds. The molecule has 2 aromatic rings. The molecular formula is C23H24Cl2N4O2S. The first kappa shape index (κ1) is 24.3. The van der Waals surface area contributed by atoms with Crippen LogP contribution in [0.1, 0.15) is 32.3 Å². The normalized spacial score (nSPS) is 18.3. The number of hydrogen-bond acceptors (Lipinski definition) is 5. The number of benzene rings is 2. The summed E-state index contributed by atoms with van der Waals surface area (Å²) in [4.78, 5) is 16.6. The van der Waals surface area contributed by atoms with Crippen LogP contribution in [-0.2, 0) is 4.79 Å². The first-order chi connectivity index (χ1) is 14.8. The fourth-order valence-corrected chi connectivity index (χ4v) is 4.71. The molecule has 9 heteroatoms. The van der Waals surface area contributed by atoms with E-state index in [1.165, 1.54) is 4.90 Å². The maximum atomic E-state index is 13.3. The van der Waals surface area contributed by atoms with E-state index in [4.69, 9.17) is 33.8 Å². The molecule has 0 aromatic heterocycles. The van der Waals surface area contributed by atoms with E-state index in [2.05, 4.69) is 5.32 Å². The van der Waals surface area contributed by atoms with Gasteiger partial charge in [0, 0.05) is 5.69 Å². The highest BCUT2D eigenvalue weighted by molar-refractivity contribution is 7.81. The van der Waals surface area contributed by atoms with Crippen molar-refractivity contribution in [3.63, 3.8) is 0 Å². The van der Waals surface area contributed by atoms with Gasteiger partial charge in [-0.1, -0.05) is 11.6 Å². The van der Waals surface area contributed by atoms with Crippen LogP contribution >= 0.6 is 36.2 Å². The van der Waals surface area contributed by atoms with E-state index in [-0.39, 0.29) is 29.4 Å². The molecule has 2 heterocycles. The molecule has 2 aliphatic rings. The van der Waals surface area contributed by atoms with Crippen molar-refractivity contribution in [2.24, 2.45) is 0 Å². The van der Waals surface area contributed by atoms with Crippen LogP contribution in [0.15, 0.2) is 42.5 Å². The predicted octanol–water partition coefficient (Wildman–Crippen LogP) is 4.68. The third-order valence-corrected chi connectivity index (χ3v) is 6.36. The molecule has 4 rings (SSSR count). The maximum absolute atomic E-state index is 13.3. The van der Waals surface area contributed by atoms with Crippen LogP contribution in [0.2, 0.25) is 5.02 Å². The summed E-state index contributed by atoms with van der Waals surface area (Å²) in [6, 6.07) is 14.6. The van der Waals surface area contributed by atoms with Crippen LogP contribution in [0.4, 0.5) is 11.4 Å². The van der Waals surface area contributed by atoms with Gasteiger partial charge in [0.25, 0.3) is 5.91 Å². The molecule has 0 aliphatic carbocycles. The van der Waals surface area contributed by atoms with Gasteiger partial charge in [0.1, 0.15) is 23.5 Å². The summed E-state index contributed by atoms with van der Waals surface area (Å²) in [6.45, 7) is 5.62. The number of nitrogens with one attached hydrogen (secondary N) is 1. The molecule has 0 radical (unpaired) electrons. The Labute approximate surface area is 204 Å². The van der Waals surface area contributed by atoms with Gasteiger partial charge in [0.2, 0.25) is 0 Å². The molecule has 0 atom stereocenters. The van der Waals surface area contributed by atoms with E-state index < -0.39 is 5.54 Å². The SMILES string of the molecule is CC1(C)C(=O)N(c2ccc(C#N)c(Cl)c2)C(=S)N1c1ccc(OC2CCNCC2)cc1.Cl. The minimum atomic E-state index is -0.880. The Morgan fingerprint density at radius 3 is 2.38 bits per heavy atom. The molecule has 1 N–H and O–H groups in total. The zero-order chi connectivity index (χ0) is 22.2. The molecule has 0 spiro atoms. The number of carbonyl (C=O) groups is 1. The standard InChI is InChI=1S/C23H23ClN4O2S.ClH/c1-23(2)21(29)27(17-4-3-15(14-25)20(24)13-17)22(31)28(23)16-5-7-18(8-6-16)30-19-9-11-26-12-10-19;/h3-8,13,19,26H,9-12H2,1-2H3;1H. The fraction of sp³-hybridized carbons (Fsp3) is 0.348. The molecule has 168 valence electrons. The Hall–Kier alpha value is -2.37. The molecule has 6 nitrogen and oxygen atoms in total. The molecule has 0 bridgehead atoms. The third-order valence-electron chi connectivity index (χ3n) is 5.68. The summed E-state index contributed by atoms with van der Waals surface area (Å²) in [7, 11) is 0. The lowest BCUT2D eigenvalue weighted by Gasteiger charge is -2.30. The van der Waals surface area contributed by atoms with Gasteiger partial charge in [-0.3, -0.25) is 9.69 Å². The lowest BCUT2D eigenvalue weighted by atomic mass is 10.0. The van der Waals surface area contributed by atoms with Crippen molar-refractivity contribution in [3.05, 3.63) is 53.1 Å². The van der Waals surface area contributed by atoms with Gasteiger partial charge in [-0.05, 0) is 94.5 Å². The molecule has 2 aliphatic heterocycles. The second-order valence-corrected chi connectivity index (χ2v) is 8.93. The second-order valence-electron chi connectivity index (χ2n) is 8.15. The highest BCUT2D eigenvalue weighted by Gasteiger charge is 2.50. The number of hydrogen-bond donors (Lipinski definition) is 1. The topological polar surface area (TPSA) is 68.6 Å². The Morgan fingerprint density at radius 1 is 1.16 bits per heavy atom. The van der Waals surface area contributed by atoms with E-state index >= 15 is 0 Å². The Morgan fingerprint density at radius 2 is 1.78 bits per heavy atom. The van der Waals surface area contributed by atoms with E-state index in [9.17, 15) is 4.79 Å². The van der Waals surface area contributed by atoms with Crippen molar-refractivity contribution in [1.82, 2.24) is 5.32 Å². The van der Waals surface area contributed by atoms with Gasteiger partial charge in [-0.2, -0.15) is 5.26 Å². The molecular weight excluding hydrogens is 467 g/mol. The first-order valence-electron chi connectivity index (χ1n) is 10.2. The first-order valence-corrected chi connectivity index (χ1v) is 11.0. The van der Waals surface area contributed by atoms with Gasteiger partial charge >= 0.3 is 0 Å². The van der Waals surface area contributed by atoms with Gasteiger partial charge in [0.15, 0.2) is 5.11 Å².